The van der Waals surface area contributed by atoms with Gasteiger partial charge in [-0.1, -0.05) is 0 Å². The summed E-state index contributed by atoms with van der Waals surface area (Å²) in [6.45, 7) is 5.19. The van der Waals surface area contributed by atoms with Crippen molar-refractivity contribution >= 4 is 17.5 Å². The Morgan fingerprint density at radius 2 is 2.04 bits per heavy atom. The number of alkyl halides is 1. The van der Waals surface area contributed by atoms with E-state index in [9.17, 15) is 4.79 Å². The van der Waals surface area contributed by atoms with Crippen LogP contribution in [0, 0.1) is 5.92 Å². The van der Waals surface area contributed by atoms with Gasteiger partial charge in [0.1, 0.15) is 0 Å². The summed E-state index contributed by atoms with van der Waals surface area (Å²) < 4.78 is 5.50. The summed E-state index contributed by atoms with van der Waals surface area (Å²) in [5.41, 5.74) is 9.47. The Balaban J connectivity index is 1.38. The molecule has 0 aromatic rings. The van der Waals surface area contributed by atoms with Crippen molar-refractivity contribution in [3.63, 3.8) is 0 Å². The molecule has 4 rings (SSSR count). The van der Waals surface area contributed by atoms with Gasteiger partial charge in [0.05, 0.1) is 35.8 Å². The average molecular weight is 416 g/mol. The molecular formula is C18H34ClN7O2. The minimum absolute atomic E-state index is 0.0125. The van der Waals surface area contributed by atoms with Crippen molar-refractivity contribution in [2.24, 2.45) is 11.7 Å². The van der Waals surface area contributed by atoms with Crippen LogP contribution in [0.4, 0.5) is 0 Å². The molecule has 0 aliphatic carbocycles. The highest BCUT2D eigenvalue weighted by Crippen LogP contribution is 2.24. The quantitative estimate of drug-likeness (QED) is 0.342. The lowest BCUT2D eigenvalue weighted by molar-refractivity contribution is -0.128. The molecule has 4 saturated heterocycles. The van der Waals surface area contributed by atoms with E-state index in [1.54, 1.807) is 7.11 Å². The van der Waals surface area contributed by atoms with Gasteiger partial charge in [-0.15, -0.1) is 11.6 Å². The summed E-state index contributed by atoms with van der Waals surface area (Å²) in [4.78, 5) is 15.7. The van der Waals surface area contributed by atoms with E-state index in [0.717, 1.165) is 45.4 Å². The number of nitrogens with one attached hydrogen (secondary N) is 4. The van der Waals surface area contributed by atoms with Gasteiger partial charge in [-0.05, 0) is 25.8 Å². The first-order valence-corrected chi connectivity index (χ1v) is 10.9. The molecule has 0 saturated carbocycles. The fraction of sp³-hybridized carbons (Fsp3) is 0.944. The van der Waals surface area contributed by atoms with Crippen molar-refractivity contribution in [1.82, 2.24) is 31.3 Å². The molecule has 6 atom stereocenters. The van der Waals surface area contributed by atoms with Crippen LogP contribution in [0.15, 0.2) is 0 Å². The van der Waals surface area contributed by atoms with E-state index < -0.39 is 6.17 Å². The Morgan fingerprint density at radius 1 is 1.25 bits per heavy atom. The lowest BCUT2D eigenvalue weighted by Gasteiger charge is -2.44. The van der Waals surface area contributed by atoms with Gasteiger partial charge in [0, 0.05) is 45.9 Å². The molecule has 0 radical (unpaired) electrons. The number of methoxy groups -OCH3 is 1. The van der Waals surface area contributed by atoms with Gasteiger partial charge in [-0.3, -0.25) is 15.0 Å². The smallest absolute Gasteiger partial charge is 0.229 e. The number of ether oxygens (including phenoxy) is 1. The number of hydrogen-bond donors (Lipinski definition) is 5. The predicted octanol–water partition coefficient (Wildman–Crippen LogP) is -1.80. The van der Waals surface area contributed by atoms with Crippen LogP contribution in [0.3, 0.4) is 0 Å². The zero-order chi connectivity index (χ0) is 19.7. The number of hydrogen-bond acceptors (Lipinski definition) is 8. The van der Waals surface area contributed by atoms with E-state index >= 15 is 0 Å². The number of amides is 1. The molecule has 160 valence electrons. The second-order valence-electron chi connectivity index (χ2n) is 8.43. The Kier molecular flexibility index (Phi) is 6.74. The van der Waals surface area contributed by atoms with Crippen LogP contribution in [0.25, 0.3) is 0 Å². The van der Waals surface area contributed by atoms with E-state index in [4.69, 9.17) is 22.1 Å². The third kappa shape index (κ3) is 4.32. The van der Waals surface area contributed by atoms with Crippen LogP contribution in [0.2, 0.25) is 0 Å². The van der Waals surface area contributed by atoms with Crippen molar-refractivity contribution < 1.29 is 9.53 Å². The van der Waals surface area contributed by atoms with Crippen molar-refractivity contribution in [1.29, 1.82) is 0 Å². The monoisotopic (exact) mass is 415 g/mol. The minimum Gasteiger partial charge on any atom is -0.381 e. The Bertz CT molecular complexity index is 548. The molecule has 1 amide bonds. The summed E-state index contributed by atoms with van der Waals surface area (Å²) >= 11 is 6.23. The maximum absolute atomic E-state index is 13.2. The second kappa shape index (κ2) is 9.09. The molecule has 10 heteroatoms. The molecule has 6 unspecified atom stereocenters. The van der Waals surface area contributed by atoms with Gasteiger partial charge in [-0.25, -0.2) is 10.4 Å². The number of halogens is 1. The highest BCUT2D eigenvalue weighted by molar-refractivity contribution is 6.21. The largest absolute Gasteiger partial charge is 0.381 e. The van der Waals surface area contributed by atoms with Gasteiger partial charge in [0.25, 0.3) is 0 Å². The molecule has 0 aromatic carbocycles. The number of hydrazine groups is 1. The fourth-order valence-corrected chi connectivity index (χ4v) is 5.37. The molecule has 0 spiro atoms. The highest BCUT2D eigenvalue weighted by atomic mass is 35.5. The summed E-state index contributed by atoms with van der Waals surface area (Å²) in [6.07, 6.45) is 2.99. The third-order valence-electron chi connectivity index (χ3n) is 6.68. The number of rotatable bonds is 4. The number of likely N-dealkylation sites (tertiary alicyclic amines) is 1. The van der Waals surface area contributed by atoms with Crippen LogP contribution >= 0.6 is 11.6 Å². The van der Waals surface area contributed by atoms with Gasteiger partial charge < -0.3 is 21.1 Å². The highest BCUT2D eigenvalue weighted by Gasteiger charge is 2.47. The van der Waals surface area contributed by atoms with Gasteiger partial charge in [0.15, 0.2) is 0 Å². The lowest BCUT2D eigenvalue weighted by Crippen LogP contribution is -2.63. The number of piperidine rings is 2. The Labute approximate surface area is 172 Å². The van der Waals surface area contributed by atoms with E-state index in [1.165, 1.54) is 0 Å². The van der Waals surface area contributed by atoms with E-state index in [-0.39, 0.29) is 29.4 Å². The zero-order valence-corrected chi connectivity index (χ0v) is 17.3. The first kappa shape index (κ1) is 20.7. The molecule has 4 fully saturated rings. The van der Waals surface area contributed by atoms with E-state index in [0.29, 0.717) is 25.2 Å². The molecule has 0 aromatic heterocycles. The fourth-order valence-electron chi connectivity index (χ4n) is 5.13. The van der Waals surface area contributed by atoms with Gasteiger partial charge in [-0.2, -0.15) is 0 Å². The van der Waals surface area contributed by atoms with E-state index in [2.05, 4.69) is 26.3 Å². The first-order valence-electron chi connectivity index (χ1n) is 10.5. The number of nitrogens with zero attached hydrogens (tertiary/aromatic N) is 2. The molecule has 28 heavy (non-hydrogen) atoms. The summed E-state index contributed by atoms with van der Waals surface area (Å²) in [6, 6.07) is 0.446. The van der Waals surface area contributed by atoms with Crippen molar-refractivity contribution in [2.45, 2.75) is 55.2 Å². The Morgan fingerprint density at radius 3 is 2.79 bits per heavy atom. The molecule has 9 nitrogen and oxygen atoms in total. The molecular weight excluding hydrogens is 382 g/mol. The maximum Gasteiger partial charge on any atom is 0.229 e. The van der Waals surface area contributed by atoms with Gasteiger partial charge >= 0.3 is 0 Å². The molecule has 6 N–H and O–H groups in total. The number of carbonyl (C=O) groups excluding carboxylic acids is 1. The standard InChI is InChI=1S/C18H34ClN7O2/c1-28-12-3-6-25(7-4-12)14-2-5-21-9-13(14)23-18(27)15-16(20)24-26-10-11(19)8-22-17(15)26/h11-17,21-22,24H,2-10,20H2,1H3,(H,23,27). The topological polar surface area (TPSA) is 107 Å². The molecule has 0 bridgehead atoms. The average Bonchev–Trinajstić information content (AvgIpc) is 3.03. The van der Waals surface area contributed by atoms with Crippen molar-refractivity contribution in [3.8, 4) is 0 Å². The second-order valence-corrected chi connectivity index (χ2v) is 9.05. The zero-order valence-electron chi connectivity index (χ0n) is 16.6. The van der Waals surface area contributed by atoms with Crippen molar-refractivity contribution in [2.75, 3.05) is 46.4 Å². The first-order chi connectivity index (χ1) is 13.6. The Hall–Kier alpha value is -0.520. The van der Waals surface area contributed by atoms with Crippen molar-refractivity contribution in [3.05, 3.63) is 0 Å². The van der Waals surface area contributed by atoms with Crippen LogP contribution in [0.1, 0.15) is 19.3 Å². The lowest BCUT2D eigenvalue weighted by atomic mass is 9.94. The summed E-state index contributed by atoms with van der Waals surface area (Å²) in [5.74, 6) is -0.329. The minimum atomic E-state index is -0.410. The van der Waals surface area contributed by atoms with Crippen LogP contribution in [-0.4, -0.2) is 98.1 Å². The molecule has 4 heterocycles. The van der Waals surface area contributed by atoms with Crippen LogP contribution < -0.4 is 27.1 Å². The molecule has 4 aliphatic heterocycles. The normalized spacial score (nSPS) is 41.0. The number of carbonyl (C=O) groups is 1. The molecule has 4 aliphatic rings. The number of fused-ring (bicyclic) bond motifs is 1. The number of nitrogens with two attached hydrogens (primary N) is 1. The predicted molar refractivity (Wildman–Crippen MR) is 108 cm³/mol. The SMILES string of the molecule is COC1CCN(C2CCNCC2NC(=O)C2C(N)NN3CC(Cl)CNC23)CC1. The van der Waals surface area contributed by atoms with Gasteiger partial charge in [0.2, 0.25) is 5.91 Å². The summed E-state index contributed by atoms with van der Waals surface area (Å²) in [5, 5.41) is 12.1. The van der Waals surface area contributed by atoms with Crippen LogP contribution in [-0.2, 0) is 9.53 Å². The summed E-state index contributed by atoms with van der Waals surface area (Å²) in [7, 11) is 1.79. The maximum atomic E-state index is 13.2. The van der Waals surface area contributed by atoms with E-state index in [1.807, 2.05) is 5.01 Å². The third-order valence-corrected chi connectivity index (χ3v) is 6.97. The van der Waals surface area contributed by atoms with Crippen LogP contribution in [0.5, 0.6) is 0 Å².